The molecule has 9 heteroatoms. The molecule has 1 amide bonds. The number of rotatable bonds is 14. The fourth-order valence-corrected chi connectivity index (χ4v) is 4.10. The SMILES string of the molecule is COc1cccc(CNC[C@@H](O)[C@H](Cc2ccccc2)NC(=O)CCCCS(C)(=O)=O)c1.Cl. The lowest BCUT2D eigenvalue weighted by molar-refractivity contribution is -0.122. The fraction of sp³-hybridized carbons (Fsp3) is 0.458. The standard InChI is InChI=1S/C24H34N2O5S.ClH/c1-31-21-12-8-11-20(15-21)17-25-18-23(27)22(16-19-9-4-3-5-10-19)26-24(28)13-6-7-14-32(2,29)30;/h3-5,8-12,15,22-23,25,27H,6-7,13-14,16-18H2,1-2H3,(H,26,28);1H/t22-,23+;/m0./s1. The predicted octanol–water partition coefficient (Wildman–Crippen LogP) is 2.51. The quantitative estimate of drug-likeness (QED) is 0.346. The molecule has 0 radical (unpaired) electrons. The van der Waals surface area contributed by atoms with E-state index < -0.39 is 22.0 Å². The number of hydrogen-bond acceptors (Lipinski definition) is 6. The van der Waals surface area contributed by atoms with Crippen LogP contribution in [0.25, 0.3) is 0 Å². The van der Waals surface area contributed by atoms with Crippen molar-refractivity contribution >= 4 is 28.2 Å². The number of carbonyl (C=O) groups is 1. The minimum atomic E-state index is -3.02. The van der Waals surface area contributed by atoms with Gasteiger partial charge < -0.3 is 20.5 Å². The van der Waals surface area contributed by atoms with Crippen LogP contribution in [0.2, 0.25) is 0 Å². The molecule has 2 aromatic rings. The highest BCUT2D eigenvalue weighted by Gasteiger charge is 2.21. The largest absolute Gasteiger partial charge is 0.497 e. The summed E-state index contributed by atoms with van der Waals surface area (Å²) in [4.78, 5) is 12.4. The first kappa shape index (κ1) is 28.9. The average Bonchev–Trinajstić information content (AvgIpc) is 2.76. The van der Waals surface area contributed by atoms with Crippen LogP contribution in [0, 0.1) is 0 Å². The average molecular weight is 499 g/mol. The number of amides is 1. The van der Waals surface area contributed by atoms with Crippen LogP contribution >= 0.6 is 12.4 Å². The molecule has 3 N–H and O–H groups in total. The second-order valence-electron chi connectivity index (χ2n) is 8.00. The molecule has 0 fully saturated rings. The highest BCUT2D eigenvalue weighted by Crippen LogP contribution is 2.12. The van der Waals surface area contributed by atoms with Gasteiger partial charge in [-0.3, -0.25) is 4.79 Å². The van der Waals surface area contributed by atoms with E-state index in [-0.39, 0.29) is 30.5 Å². The minimum absolute atomic E-state index is 0. The lowest BCUT2D eigenvalue weighted by atomic mass is 10.0. The fourth-order valence-electron chi connectivity index (χ4n) is 3.37. The number of aliphatic hydroxyl groups is 1. The molecule has 2 aromatic carbocycles. The summed E-state index contributed by atoms with van der Waals surface area (Å²) >= 11 is 0. The maximum absolute atomic E-state index is 12.4. The number of sulfone groups is 1. The summed E-state index contributed by atoms with van der Waals surface area (Å²) in [5, 5.41) is 17.0. The van der Waals surface area contributed by atoms with Crippen molar-refractivity contribution in [3.8, 4) is 5.75 Å². The first-order valence-corrected chi connectivity index (χ1v) is 12.9. The van der Waals surface area contributed by atoms with E-state index in [0.717, 1.165) is 16.9 Å². The van der Waals surface area contributed by atoms with Crippen molar-refractivity contribution in [2.24, 2.45) is 0 Å². The number of aliphatic hydroxyl groups excluding tert-OH is 1. The van der Waals surface area contributed by atoms with Gasteiger partial charge in [0.25, 0.3) is 0 Å². The van der Waals surface area contributed by atoms with Gasteiger partial charge in [-0.2, -0.15) is 0 Å². The molecule has 2 rings (SSSR count). The smallest absolute Gasteiger partial charge is 0.220 e. The van der Waals surface area contributed by atoms with E-state index >= 15 is 0 Å². The maximum Gasteiger partial charge on any atom is 0.220 e. The molecule has 0 unspecified atom stereocenters. The van der Waals surface area contributed by atoms with Gasteiger partial charge in [0.2, 0.25) is 5.91 Å². The van der Waals surface area contributed by atoms with Gasteiger partial charge in [0.1, 0.15) is 15.6 Å². The molecule has 0 aliphatic heterocycles. The summed E-state index contributed by atoms with van der Waals surface area (Å²) in [6, 6.07) is 16.9. The zero-order valence-electron chi connectivity index (χ0n) is 19.2. The Morgan fingerprint density at radius 1 is 1.06 bits per heavy atom. The zero-order valence-corrected chi connectivity index (χ0v) is 20.8. The van der Waals surface area contributed by atoms with Gasteiger partial charge >= 0.3 is 0 Å². The van der Waals surface area contributed by atoms with Crippen molar-refractivity contribution in [3.05, 3.63) is 65.7 Å². The van der Waals surface area contributed by atoms with E-state index in [1.54, 1.807) is 7.11 Å². The molecule has 184 valence electrons. The van der Waals surface area contributed by atoms with Gasteiger partial charge in [0, 0.05) is 31.5 Å². The van der Waals surface area contributed by atoms with Crippen LogP contribution in [-0.4, -0.2) is 57.2 Å². The van der Waals surface area contributed by atoms with E-state index in [0.29, 0.717) is 32.4 Å². The molecule has 0 saturated heterocycles. The summed E-state index contributed by atoms with van der Waals surface area (Å²) in [5.74, 6) is 0.658. The lowest BCUT2D eigenvalue weighted by Gasteiger charge is -2.25. The Kier molecular flexibility index (Phi) is 13.1. The van der Waals surface area contributed by atoms with Crippen molar-refractivity contribution < 1.29 is 23.1 Å². The number of nitrogens with one attached hydrogen (secondary N) is 2. The summed E-state index contributed by atoms with van der Waals surface area (Å²) in [6.07, 6.45) is 2.06. The number of benzene rings is 2. The van der Waals surface area contributed by atoms with Crippen molar-refractivity contribution in [1.29, 1.82) is 0 Å². The van der Waals surface area contributed by atoms with Crippen molar-refractivity contribution in [1.82, 2.24) is 10.6 Å². The second kappa shape index (κ2) is 14.9. The molecule has 0 aromatic heterocycles. The molecule has 0 heterocycles. The van der Waals surface area contributed by atoms with E-state index in [9.17, 15) is 18.3 Å². The Bertz CT molecular complexity index is 941. The number of ether oxygens (including phenoxy) is 1. The first-order valence-electron chi connectivity index (χ1n) is 10.8. The Labute approximate surface area is 203 Å². The normalized spacial score (nSPS) is 12.9. The van der Waals surface area contributed by atoms with E-state index in [2.05, 4.69) is 10.6 Å². The monoisotopic (exact) mass is 498 g/mol. The molecule has 0 aliphatic carbocycles. The topological polar surface area (TPSA) is 105 Å². The van der Waals surface area contributed by atoms with Crippen LogP contribution in [0.1, 0.15) is 30.4 Å². The number of methoxy groups -OCH3 is 1. The molecular formula is C24H35ClN2O5S. The molecular weight excluding hydrogens is 464 g/mol. The maximum atomic E-state index is 12.4. The lowest BCUT2D eigenvalue weighted by Crippen LogP contribution is -2.48. The van der Waals surface area contributed by atoms with Crippen LogP contribution < -0.4 is 15.4 Å². The summed E-state index contributed by atoms with van der Waals surface area (Å²) in [6.45, 7) is 0.870. The van der Waals surface area contributed by atoms with Crippen LogP contribution in [0.15, 0.2) is 54.6 Å². The molecule has 0 saturated carbocycles. The molecule has 0 spiro atoms. The van der Waals surface area contributed by atoms with E-state index in [1.807, 2.05) is 54.6 Å². The Hall–Kier alpha value is -2.13. The van der Waals surface area contributed by atoms with Gasteiger partial charge in [-0.25, -0.2) is 8.42 Å². The molecule has 0 bridgehead atoms. The second-order valence-corrected chi connectivity index (χ2v) is 10.3. The van der Waals surface area contributed by atoms with Crippen molar-refractivity contribution in [2.45, 2.75) is 44.4 Å². The number of unbranched alkanes of at least 4 members (excludes halogenated alkanes) is 1. The van der Waals surface area contributed by atoms with Crippen LogP contribution in [-0.2, 0) is 27.6 Å². The molecule has 0 aliphatic rings. The third-order valence-electron chi connectivity index (χ3n) is 5.10. The molecule has 7 nitrogen and oxygen atoms in total. The summed E-state index contributed by atoms with van der Waals surface area (Å²) in [7, 11) is -1.41. The van der Waals surface area contributed by atoms with E-state index in [1.165, 1.54) is 6.26 Å². The van der Waals surface area contributed by atoms with Crippen molar-refractivity contribution in [3.63, 3.8) is 0 Å². The van der Waals surface area contributed by atoms with E-state index in [4.69, 9.17) is 4.74 Å². The Morgan fingerprint density at radius 3 is 2.42 bits per heavy atom. The van der Waals surface area contributed by atoms with Crippen LogP contribution in [0.5, 0.6) is 5.75 Å². The number of carbonyl (C=O) groups excluding carboxylic acids is 1. The molecule has 2 atom stereocenters. The van der Waals surface area contributed by atoms with Gasteiger partial charge in [0.05, 0.1) is 19.3 Å². The van der Waals surface area contributed by atoms with Crippen LogP contribution in [0.3, 0.4) is 0 Å². The zero-order chi connectivity index (χ0) is 23.4. The highest BCUT2D eigenvalue weighted by atomic mass is 35.5. The summed E-state index contributed by atoms with van der Waals surface area (Å²) < 4.78 is 27.7. The Balaban J connectivity index is 0.00000544. The van der Waals surface area contributed by atoms with Crippen LogP contribution in [0.4, 0.5) is 0 Å². The number of hydrogen-bond donors (Lipinski definition) is 3. The van der Waals surface area contributed by atoms with Gasteiger partial charge in [0.15, 0.2) is 0 Å². The number of halogens is 1. The predicted molar refractivity (Wildman–Crippen MR) is 134 cm³/mol. The first-order chi connectivity index (χ1) is 15.3. The van der Waals surface area contributed by atoms with Gasteiger partial charge in [-0.15, -0.1) is 12.4 Å². The molecule has 33 heavy (non-hydrogen) atoms. The highest BCUT2D eigenvalue weighted by molar-refractivity contribution is 7.90. The third kappa shape index (κ3) is 12.1. The Morgan fingerprint density at radius 2 is 1.76 bits per heavy atom. The van der Waals surface area contributed by atoms with Crippen molar-refractivity contribution in [2.75, 3.05) is 25.7 Å². The summed E-state index contributed by atoms with van der Waals surface area (Å²) in [5.41, 5.74) is 2.05. The third-order valence-corrected chi connectivity index (χ3v) is 6.13. The van der Waals surface area contributed by atoms with Gasteiger partial charge in [-0.1, -0.05) is 42.5 Å². The minimum Gasteiger partial charge on any atom is -0.497 e. The van der Waals surface area contributed by atoms with Gasteiger partial charge in [-0.05, 0) is 42.5 Å².